The maximum absolute atomic E-state index is 11.9. The molecular weight excluding hydrogens is 250 g/mol. The molecular formula is C14H14ClNO2. The number of Topliss-reactive ketones (excluding diaryl/α,β-unsaturated/α-hetero) is 1. The predicted molar refractivity (Wildman–Crippen MR) is 68.9 cm³/mol. The van der Waals surface area contributed by atoms with Crippen LogP contribution < -0.4 is 5.32 Å². The van der Waals surface area contributed by atoms with Crippen LogP contribution in [0.15, 0.2) is 18.2 Å². The molecule has 0 aliphatic heterocycles. The fraction of sp³-hybridized carbons (Fsp3) is 0.429. The average Bonchev–Trinajstić information content (AvgIpc) is 3.05. The Morgan fingerprint density at radius 2 is 2.17 bits per heavy atom. The standard InChI is InChI=1S/C14H14ClNO2/c15-11-3-1-2-10-12(17)6-8(14(10)11)7-13(18)16-9-4-5-9/h1-3,8-9H,4-7H2,(H,16,18). The predicted octanol–water partition coefficient (Wildman–Crippen LogP) is 2.68. The first-order valence-electron chi connectivity index (χ1n) is 6.26. The summed E-state index contributed by atoms with van der Waals surface area (Å²) in [5, 5.41) is 3.55. The molecule has 1 amide bonds. The summed E-state index contributed by atoms with van der Waals surface area (Å²) in [6.45, 7) is 0. The number of benzene rings is 1. The van der Waals surface area contributed by atoms with Crippen molar-refractivity contribution in [1.82, 2.24) is 5.32 Å². The van der Waals surface area contributed by atoms with Gasteiger partial charge in [-0.25, -0.2) is 0 Å². The Bertz CT molecular complexity index is 523. The second-order valence-electron chi connectivity index (χ2n) is 5.07. The number of hydrogen-bond donors (Lipinski definition) is 1. The number of rotatable bonds is 3. The molecule has 2 aliphatic carbocycles. The first-order chi connectivity index (χ1) is 8.65. The molecule has 1 atom stereocenters. The number of halogens is 1. The van der Waals surface area contributed by atoms with Crippen LogP contribution in [0.3, 0.4) is 0 Å². The molecule has 0 spiro atoms. The number of fused-ring (bicyclic) bond motifs is 1. The lowest BCUT2D eigenvalue weighted by atomic mass is 9.97. The summed E-state index contributed by atoms with van der Waals surface area (Å²) >= 11 is 6.15. The van der Waals surface area contributed by atoms with Gasteiger partial charge in [0.05, 0.1) is 0 Å². The number of amides is 1. The first kappa shape index (κ1) is 11.7. The van der Waals surface area contributed by atoms with Gasteiger partial charge in [0, 0.05) is 35.4 Å². The Morgan fingerprint density at radius 1 is 1.39 bits per heavy atom. The van der Waals surface area contributed by atoms with Gasteiger partial charge in [-0.2, -0.15) is 0 Å². The van der Waals surface area contributed by atoms with Crippen LogP contribution >= 0.6 is 11.6 Å². The maximum Gasteiger partial charge on any atom is 0.220 e. The highest BCUT2D eigenvalue weighted by Crippen LogP contribution is 2.39. The molecule has 4 heteroatoms. The fourth-order valence-corrected chi connectivity index (χ4v) is 2.87. The molecule has 94 valence electrons. The van der Waals surface area contributed by atoms with E-state index in [1.54, 1.807) is 18.2 Å². The van der Waals surface area contributed by atoms with Crippen molar-refractivity contribution in [3.05, 3.63) is 34.3 Å². The summed E-state index contributed by atoms with van der Waals surface area (Å²) in [5.41, 5.74) is 1.54. The molecule has 18 heavy (non-hydrogen) atoms. The van der Waals surface area contributed by atoms with Gasteiger partial charge >= 0.3 is 0 Å². The zero-order valence-corrected chi connectivity index (χ0v) is 10.7. The highest BCUT2D eigenvalue weighted by atomic mass is 35.5. The van der Waals surface area contributed by atoms with E-state index in [0.717, 1.165) is 18.4 Å². The molecule has 0 aromatic heterocycles. The largest absolute Gasteiger partial charge is 0.353 e. The third-order valence-electron chi connectivity index (χ3n) is 3.57. The highest BCUT2D eigenvalue weighted by molar-refractivity contribution is 6.32. The number of nitrogens with one attached hydrogen (secondary N) is 1. The molecule has 1 aromatic rings. The molecule has 0 saturated heterocycles. The number of carbonyl (C=O) groups is 2. The number of hydrogen-bond acceptors (Lipinski definition) is 2. The van der Waals surface area contributed by atoms with Gasteiger partial charge in [0.25, 0.3) is 0 Å². The van der Waals surface area contributed by atoms with E-state index in [2.05, 4.69) is 5.32 Å². The SMILES string of the molecule is O=C(CC1CC(=O)c2cccc(Cl)c21)NC1CC1. The normalized spacial score (nSPS) is 21.8. The molecule has 2 aliphatic rings. The Hall–Kier alpha value is -1.35. The minimum absolute atomic E-state index is 0.0306. The van der Waals surface area contributed by atoms with Gasteiger partial charge in [-0.15, -0.1) is 0 Å². The lowest BCUT2D eigenvalue weighted by Gasteiger charge is -2.12. The van der Waals surface area contributed by atoms with E-state index >= 15 is 0 Å². The van der Waals surface area contributed by atoms with Crippen LogP contribution in [-0.2, 0) is 4.79 Å². The lowest BCUT2D eigenvalue weighted by Crippen LogP contribution is -2.26. The van der Waals surface area contributed by atoms with Crippen LogP contribution in [0.4, 0.5) is 0 Å². The van der Waals surface area contributed by atoms with Gasteiger partial charge in [-0.05, 0) is 24.5 Å². The van der Waals surface area contributed by atoms with Gasteiger partial charge in [-0.1, -0.05) is 23.7 Å². The van der Waals surface area contributed by atoms with E-state index in [1.807, 2.05) is 0 Å². The molecule has 3 rings (SSSR count). The molecule has 0 radical (unpaired) electrons. The quantitative estimate of drug-likeness (QED) is 0.911. The van der Waals surface area contributed by atoms with Crippen LogP contribution in [0.2, 0.25) is 5.02 Å². The third kappa shape index (κ3) is 2.15. The second-order valence-corrected chi connectivity index (χ2v) is 5.48. The summed E-state index contributed by atoms with van der Waals surface area (Å²) in [7, 11) is 0. The van der Waals surface area contributed by atoms with Crippen molar-refractivity contribution in [2.45, 2.75) is 37.6 Å². The van der Waals surface area contributed by atoms with E-state index in [0.29, 0.717) is 29.5 Å². The first-order valence-corrected chi connectivity index (χ1v) is 6.64. The lowest BCUT2D eigenvalue weighted by molar-refractivity contribution is -0.121. The van der Waals surface area contributed by atoms with Crippen molar-refractivity contribution in [2.75, 3.05) is 0 Å². The van der Waals surface area contributed by atoms with Crippen LogP contribution in [0.25, 0.3) is 0 Å². The molecule has 0 bridgehead atoms. The Balaban J connectivity index is 1.79. The monoisotopic (exact) mass is 263 g/mol. The van der Waals surface area contributed by atoms with Crippen molar-refractivity contribution in [3.8, 4) is 0 Å². The van der Waals surface area contributed by atoms with E-state index in [9.17, 15) is 9.59 Å². The Labute approximate surface area is 111 Å². The van der Waals surface area contributed by atoms with Crippen LogP contribution in [0.5, 0.6) is 0 Å². The number of ketones is 1. The summed E-state index contributed by atoms with van der Waals surface area (Å²) < 4.78 is 0. The topological polar surface area (TPSA) is 46.2 Å². The van der Waals surface area contributed by atoms with Gasteiger partial charge in [0.1, 0.15) is 0 Å². The summed E-state index contributed by atoms with van der Waals surface area (Å²) in [4.78, 5) is 23.7. The maximum atomic E-state index is 11.9. The van der Waals surface area contributed by atoms with Crippen LogP contribution in [-0.4, -0.2) is 17.7 Å². The van der Waals surface area contributed by atoms with Gasteiger partial charge in [-0.3, -0.25) is 9.59 Å². The van der Waals surface area contributed by atoms with Crippen molar-refractivity contribution in [3.63, 3.8) is 0 Å². The highest BCUT2D eigenvalue weighted by Gasteiger charge is 2.33. The van der Waals surface area contributed by atoms with Crippen molar-refractivity contribution in [2.24, 2.45) is 0 Å². The minimum atomic E-state index is -0.0556. The second kappa shape index (κ2) is 4.39. The molecule has 0 heterocycles. The van der Waals surface area contributed by atoms with Crippen LogP contribution in [0.1, 0.15) is 47.5 Å². The molecule has 1 aromatic carbocycles. The number of carbonyl (C=O) groups excluding carboxylic acids is 2. The summed E-state index contributed by atoms with van der Waals surface area (Å²) in [5.74, 6) is 0.0692. The van der Waals surface area contributed by atoms with Crippen molar-refractivity contribution < 1.29 is 9.59 Å². The smallest absolute Gasteiger partial charge is 0.220 e. The average molecular weight is 264 g/mol. The van der Waals surface area contributed by atoms with E-state index in [-0.39, 0.29) is 17.6 Å². The van der Waals surface area contributed by atoms with Crippen molar-refractivity contribution >= 4 is 23.3 Å². The Kier molecular flexibility index (Phi) is 2.86. The fourth-order valence-electron chi connectivity index (χ4n) is 2.54. The summed E-state index contributed by atoms with van der Waals surface area (Å²) in [6.07, 6.45) is 2.91. The molecule has 1 saturated carbocycles. The van der Waals surface area contributed by atoms with Gasteiger partial charge < -0.3 is 5.32 Å². The van der Waals surface area contributed by atoms with Crippen molar-refractivity contribution in [1.29, 1.82) is 0 Å². The van der Waals surface area contributed by atoms with Gasteiger partial charge in [0.15, 0.2) is 5.78 Å². The zero-order chi connectivity index (χ0) is 12.7. The van der Waals surface area contributed by atoms with E-state index in [1.165, 1.54) is 0 Å². The third-order valence-corrected chi connectivity index (χ3v) is 3.90. The van der Waals surface area contributed by atoms with Gasteiger partial charge in [0.2, 0.25) is 5.91 Å². The van der Waals surface area contributed by atoms with Crippen LogP contribution in [0, 0.1) is 0 Å². The zero-order valence-electron chi connectivity index (χ0n) is 9.91. The molecule has 1 fully saturated rings. The summed E-state index contributed by atoms with van der Waals surface area (Å²) in [6, 6.07) is 5.72. The van der Waals surface area contributed by atoms with E-state index < -0.39 is 0 Å². The molecule has 1 N–H and O–H groups in total. The molecule has 1 unspecified atom stereocenters. The molecule has 3 nitrogen and oxygen atoms in total. The Morgan fingerprint density at radius 3 is 2.89 bits per heavy atom. The minimum Gasteiger partial charge on any atom is -0.353 e. The van der Waals surface area contributed by atoms with E-state index in [4.69, 9.17) is 11.6 Å².